The second kappa shape index (κ2) is 10.3. The molecule has 170 valence electrons. The quantitative estimate of drug-likeness (QED) is 0.425. The van der Waals surface area contributed by atoms with Crippen molar-refractivity contribution in [3.63, 3.8) is 0 Å². The van der Waals surface area contributed by atoms with Gasteiger partial charge in [0.25, 0.3) is 5.91 Å². The largest absolute Gasteiger partial charge is 0.404 e. The monoisotopic (exact) mass is 436 g/mol. The van der Waals surface area contributed by atoms with E-state index in [0.717, 1.165) is 47.8 Å². The number of carbonyl (C=O) groups is 2. The Kier molecular flexibility index (Phi) is 7.45. The van der Waals surface area contributed by atoms with Crippen LogP contribution < -0.4 is 21.7 Å². The smallest absolute Gasteiger partial charge is 0.255 e. The average molecular weight is 437 g/mol. The molecule has 2 aromatic rings. The van der Waals surface area contributed by atoms with Gasteiger partial charge in [-0.25, -0.2) is 0 Å². The summed E-state index contributed by atoms with van der Waals surface area (Å²) in [4.78, 5) is 29.0. The van der Waals surface area contributed by atoms with E-state index < -0.39 is 0 Å². The van der Waals surface area contributed by atoms with Gasteiger partial charge < -0.3 is 27.1 Å². The molecule has 0 aliphatic heterocycles. The topological polar surface area (TPSA) is 133 Å². The minimum absolute atomic E-state index is 0.0147. The van der Waals surface area contributed by atoms with Gasteiger partial charge in [-0.15, -0.1) is 0 Å². The molecule has 8 nitrogen and oxygen atoms in total. The Morgan fingerprint density at radius 2 is 1.81 bits per heavy atom. The van der Waals surface area contributed by atoms with Gasteiger partial charge in [0.05, 0.1) is 16.8 Å². The first-order valence-corrected chi connectivity index (χ1v) is 11.0. The van der Waals surface area contributed by atoms with Gasteiger partial charge in [0.1, 0.15) is 0 Å². The van der Waals surface area contributed by atoms with Crippen molar-refractivity contribution < 1.29 is 9.59 Å². The third-order valence-corrected chi connectivity index (χ3v) is 5.68. The summed E-state index contributed by atoms with van der Waals surface area (Å²) in [6.45, 7) is 5.57. The van der Waals surface area contributed by atoms with Crippen LogP contribution in [0.3, 0.4) is 0 Å². The van der Waals surface area contributed by atoms with E-state index in [1.54, 1.807) is 6.20 Å². The minimum Gasteiger partial charge on any atom is -0.404 e. The summed E-state index contributed by atoms with van der Waals surface area (Å²) in [5, 5.41) is 17.9. The summed E-state index contributed by atoms with van der Waals surface area (Å²) in [7, 11) is 0. The molecule has 1 aliphatic carbocycles. The highest BCUT2D eigenvalue weighted by Crippen LogP contribution is 2.30. The van der Waals surface area contributed by atoms with Crippen LogP contribution >= 0.6 is 0 Å². The van der Waals surface area contributed by atoms with E-state index in [9.17, 15) is 9.59 Å². The fraction of sp³-hybridized carbons (Fsp3) is 0.417. The molecule has 1 aromatic carbocycles. The number of hydrogen-bond donors (Lipinski definition) is 5. The molecule has 3 rings (SSSR count). The summed E-state index contributed by atoms with van der Waals surface area (Å²) < 4.78 is 0. The van der Waals surface area contributed by atoms with E-state index in [-0.39, 0.29) is 29.9 Å². The molecular formula is C24H32N6O2. The van der Waals surface area contributed by atoms with Crippen LogP contribution in [-0.2, 0) is 4.79 Å². The van der Waals surface area contributed by atoms with E-state index in [2.05, 4.69) is 20.9 Å². The summed E-state index contributed by atoms with van der Waals surface area (Å²) in [6.07, 6.45) is 7.54. The molecule has 0 radical (unpaired) electrons. The van der Waals surface area contributed by atoms with Gasteiger partial charge in [-0.1, -0.05) is 6.07 Å². The number of fused-ring (bicyclic) bond motifs is 1. The zero-order valence-electron chi connectivity index (χ0n) is 18.9. The van der Waals surface area contributed by atoms with E-state index in [4.69, 9.17) is 11.1 Å². The molecule has 1 heterocycles. The molecule has 1 aromatic heterocycles. The predicted octanol–water partition coefficient (Wildman–Crippen LogP) is 3.18. The number of aromatic nitrogens is 1. The molecule has 6 N–H and O–H groups in total. The second-order valence-corrected chi connectivity index (χ2v) is 8.57. The van der Waals surface area contributed by atoms with Crippen LogP contribution in [0, 0.1) is 5.41 Å². The molecular weight excluding hydrogens is 404 g/mol. The lowest BCUT2D eigenvalue weighted by Gasteiger charge is -2.29. The van der Waals surface area contributed by atoms with Gasteiger partial charge in [0.2, 0.25) is 5.91 Å². The Bertz CT molecular complexity index is 1040. The van der Waals surface area contributed by atoms with Crippen LogP contribution in [0.4, 0.5) is 5.69 Å². The van der Waals surface area contributed by atoms with Crippen molar-refractivity contribution in [3.8, 4) is 0 Å². The maximum atomic E-state index is 13.2. The zero-order valence-corrected chi connectivity index (χ0v) is 18.9. The fourth-order valence-corrected chi connectivity index (χ4v) is 4.15. The molecule has 0 bridgehead atoms. The highest BCUT2D eigenvalue weighted by atomic mass is 16.2. The first kappa shape index (κ1) is 23.2. The highest BCUT2D eigenvalue weighted by Gasteiger charge is 2.25. The van der Waals surface area contributed by atoms with Gasteiger partial charge in [-0.2, -0.15) is 0 Å². The molecule has 0 unspecified atom stereocenters. The Labute approximate surface area is 188 Å². The molecule has 2 amide bonds. The fourth-order valence-electron chi connectivity index (χ4n) is 4.15. The molecule has 8 heteroatoms. The van der Waals surface area contributed by atoms with Crippen molar-refractivity contribution in [2.75, 3.05) is 5.32 Å². The van der Waals surface area contributed by atoms with Crippen LogP contribution in [0.25, 0.3) is 16.5 Å². The predicted molar refractivity (Wildman–Crippen MR) is 129 cm³/mol. The molecule has 1 saturated carbocycles. The minimum atomic E-state index is -0.169. The molecule has 0 atom stereocenters. The lowest BCUT2D eigenvalue weighted by Crippen LogP contribution is -2.43. The zero-order chi connectivity index (χ0) is 23.3. The number of benzene rings is 1. The summed E-state index contributed by atoms with van der Waals surface area (Å²) >= 11 is 0. The number of pyridine rings is 1. The summed E-state index contributed by atoms with van der Waals surface area (Å²) in [6, 6.07) is 5.99. The van der Waals surface area contributed by atoms with E-state index in [1.165, 1.54) is 19.3 Å². The Balaban J connectivity index is 1.88. The Hall–Kier alpha value is -3.42. The number of anilines is 1. The normalized spacial score (nSPS) is 18.9. The van der Waals surface area contributed by atoms with Crippen molar-refractivity contribution in [1.29, 1.82) is 5.41 Å². The number of nitrogens with one attached hydrogen (secondary N) is 4. The van der Waals surface area contributed by atoms with Crippen molar-refractivity contribution in [1.82, 2.24) is 15.6 Å². The lowest BCUT2D eigenvalue weighted by atomic mass is 9.91. The molecule has 32 heavy (non-hydrogen) atoms. The van der Waals surface area contributed by atoms with Gasteiger partial charge in [0.15, 0.2) is 0 Å². The van der Waals surface area contributed by atoms with Crippen LogP contribution in [0.1, 0.15) is 62.4 Å². The van der Waals surface area contributed by atoms with E-state index >= 15 is 0 Å². The SMILES string of the molecule is CC(=O)NC1CCC(NC(=O)c2cnc3ccc(/C(C=N)=C/N)cc3c2NC(C)C)CC1. The van der Waals surface area contributed by atoms with Gasteiger partial charge in [-0.3, -0.25) is 14.6 Å². The van der Waals surface area contributed by atoms with E-state index in [0.29, 0.717) is 11.1 Å². The average Bonchev–Trinajstić information content (AvgIpc) is 2.75. The van der Waals surface area contributed by atoms with Crippen molar-refractivity contribution in [2.24, 2.45) is 5.73 Å². The molecule has 0 spiro atoms. The van der Waals surface area contributed by atoms with Crippen molar-refractivity contribution in [3.05, 3.63) is 41.7 Å². The van der Waals surface area contributed by atoms with Crippen LogP contribution in [0.15, 0.2) is 30.6 Å². The van der Waals surface area contributed by atoms with Crippen LogP contribution in [0.5, 0.6) is 0 Å². The number of amides is 2. The maximum absolute atomic E-state index is 13.2. The molecule has 1 aliphatic rings. The molecule has 0 saturated heterocycles. The number of nitrogens with two attached hydrogens (primary N) is 1. The number of allylic oxidation sites excluding steroid dienone is 1. The van der Waals surface area contributed by atoms with Gasteiger partial charge in [-0.05, 0) is 57.2 Å². The number of carbonyl (C=O) groups excluding carboxylic acids is 2. The third kappa shape index (κ3) is 5.43. The van der Waals surface area contributed by atoms with Crippen LogP contribution in [0.2, 0.25) is 0 Å². The first-order valence-electron chi connectivity index (χ1n) is 11.0. The Morgan fingerprint density at radius 1 is 1.16 bits per heavy atom. The third-order valence-electron chi connectivity index (χ3n) is 5.68. The number of rotatable bonds is 7. The van der Waals surface area contributed by atoms with Crippen molar-refractivity contribution in [2.45, 2.75) is 64.6 Å². The highest BCUT2D eigenvalue weighted by molar-refractivity contribution is 6.11. The first-order chi connectivity index (χ1) is 15.3. The number of nitrogens with zero attached hydrogens (tertiary/aromatic N) is 1. The second-order valence-electron chi connectivity index (χ2n) is 8.57. The maximum Gasteiger partial charge on any atom is 0.255 e. The van der Waals surface area contributed by atoms with Gasteiger partial charge in [0, 0.05) is 54.6 Å². The summed E-state index contributed by atoms with van der Waals surface area (Å²) in [5.74, 6) is -0.184. The van der Waals surface area contributed by atoms with Gasteiger partial charge >= 0.3 is 0 Å². The van der Waals surface area contributed by atoms with E-state index in [1.807, 2.05) is 32.0 Å². The van der Waals surface area contributed by atoms with Crippen molar-refractivity contribution >= 4 is 40.2 Å². The van der Waals surface area contributed by atoms with Crippen LogP contribution in [-0.4, -0.2) is 41.1 Å². The standard InChI is InChI=1S/C24H32N6O2/c1-14(2)28-23-20-10-16(17(11-25)12-26)4-9-22(20)27-13-21(23)24(32)30-19-7-5-18(6-8-19)29-15(3)31/h4,9-14,18-19,25H,5-8,26H2,1-3H3,(H,27,28)(H,29,31)(H,30,32)/b17-12+,25-11?. The number of hydrogen-bond acceptors (Lipinski definition) is 6. The Morgan fingerprint density at radius 3 is 2.38 bits per heavy atom. The summed E-state index contributed by atoms with van der Waals surface area (Å²) in [5.41, 5.74) is 9.01. The lowest BCUT2D eigenvalue weighted by molar-refractivity contribution is -0.119. The molecule has 1 fully saturated rings.